The maximum absolute atomic E-state index is 12.7. The molecule has 0 spiro atoms. The van der Waals surface area contributed by atoms with Crippen LogP contribution in [0.1, 0.15) is 194 Å². The predicted octanol–water partition coefficient (Wildman–Crippen LogP) is 11.7. The van der Waals surface area contributed by atoms with E-state index in [2.05, 4.69) is 38.2 Å². The zero-order valence-corrected chi connectivity index (χ0v) is 29.7. The van der Waals surface area contributed by atoms with Crippen LogP contribution in [0.4, 0.5) is 0 Å². The number of rotatable bonds is 34. The van der Waals surface area contributed by atoms with Crippen LogP contribution in [0.25, 0.3) is 0 Å². The van der Waals surface area contributed by atoms with Gasteiger partial charge in [-0.15, -0.1) is 0 Å². The summed E-state index contributed by atoms with van der Waals surface area (Å²) in [6.45, 7) is 4.50. The van der Waals surface area contributed by atoms with E-state index in [0.717, 1.165) is 64.2 Å². The molecule has 0 heterocycles. The smallest absolute Gasteiger partial charge is 0.162 e. The number of carbonyl (C=O) groups is 2. The number of ketones is 2. The van der Waals surface area contributed by atoms with E-state index in [0.29, 0.717) is 12.8 Å². The molecule has 4 nitrogen and oxygen atoms in total. The van der Waals surface area contributed by atoms with Gasteiger partial charge in [-0.1, -0.05) is 152 Å². The molecule has 0 aromatic heterocycles. The number of carbonyl (C=O) groups excluding carboxylic acids is 2. The Morgan fingerprint density at radius 1 is 0.477 bits per heavy atom. The Balaban J connectivity index is 3.88. The topological polar surface area (TPSA) is 74.6 Å². The van der Waals surface area contributed by atoms with Gasteiger partial charge >= 0.3 is 0 Å². The first-order chi connectivity index (χ1) is 21.5. The minimum Gasteiger partial charge on any atom is -0.384 e. The molecule has 0 radical (unpaired) electrons. The summed E-state index contributed by atoms with van der Waals surface area (Å²) in [4.78, 5) is 25.3. The van der Waals surface area contributed by atoms with Crippen LogP contribution in [0.5, 0.6) is 0 Å². The molecule has 0 bridgehead atoms. The van der Waals surface area contributed by atoms with Crippen molar-refractivity contribution in [2.24, 2.45) is 5.92 Å². The molecule has 2 N–H and O–H groups in total. The molecule has 0 aromatic rings. The second kappa shape index (κ2) is 33.4. The van der Waals surface area contributed by atoms with Gasteiger partial charge in [-0.25, -0.2) is 0 Å². The van der Waals surface area contributed by atoms with Crippen LogP contribution in [0.2, 0.25) is 0 Å². The molecular formula is C39H71ClO4. The minimum atomic E-state index is -1.54. The highest BCUT2D eigenvalue weighted by Gasteiger charge is 2.35. The Morgan fingerprint density at radius 2 is 0.773 bits per heavy atom. The molecule has 3 unspecified atom stereocenters. The van der Waals surface area contributed by atoms with Crippen molar-refractivity contribution >= 4 is 23.2 Å². The van der Waals surface area contributed by atoms with Gasteiger partial charge in [0, 0.05) is 12.8 Å². The average Bonchev–Trinajstić information content (AvgIpc) is 3.00. The SMILES string of the molecule is CCCCCCCC/C=C\CCCCCCCC(=O)C(O)C(C(=O)CCCCCCC/C=C\CCCCCCCC)C(O)Cl. The van der Waals surface area contributed by atoms with Crippen molar-refractivity contribution in [1.29, 1.82) is 0 Å². The molecule has 0 aliphatic carbocycles. The Labute approximate surface area is 277 Å². The fraction of sp³-hybridized carbons (Fsp3) is 0.846. The van der Waals surface area contributed by atoms with Crippen molar-refractivity contribution in [3.8, 4) is 0 Å². The summed E-state index contributed by atoms with van der Waals surface area (Å²) in [7, 11) is 0. The van der Waals surface area contributed by atoms with Crippen molar-refractivity contribution in [2.45, 2.75) is 205 Å². The Morgan fingerprint density at radius 3 is 1.11 bits per heavy atom. The highest BCUT2D eigenvalue weighted by atomic mass is 35.5. The summed E-state index contributed by atoms with van der Waals surface area (Å²) in [6.07, 6.45) is 38.8. The van der Waals surface area contributed by atoms with Crippen molar-refractivity contribution in [3.63, 3.8) is 0 Å². The van der Waals surface area contributed by atoms with E-state index in [9.17, 15) is 19.8 Å². The number of Topliss-reactive ketones (excluding diaryl/α,β-unsaturated/α-hetero) is 2. The normalized spacial score (nSPS) is 14.0. The van der Waals surface area contributed by atoms with Crippen LogP contribution < -0.4 is 0 Å². The third-order valence-electron chi connectivity index (χ3n) is 8.71. The van der Waals surface area contributed by atoms with Crippen LogP contribution in [0.3, 0.4) is 0 Å². The molecule has 5 heteroatoms. The Kier molecular flexibility index (Phi) is 32.7. The Bertz CT molecular complexity index is 702. The highest BCUT2D eigenvalue weighted by Crippen LogP contribution is 2.21. The monoisotopic (exact) mass is 639 g/mol. The van der Waals surface area contributed by atoms with Crippen molar-refractivity contribution in [2.75, 3.05) is 0 Å². The number of hydrogen-bond acceptors (Lipinski definition) is 4. The lowest BCUT2D eigenvalue weighted by Crippen LogP contribution is -2.40. The fourth-order valence-electron chi connectivity index (χ4n) is 5.73. The zero-order chi connectivity index (χ0) is 32.5. The van der Waals surface area contributed by atoms with Crippen LogP contribution in [0.15, 0.2) is 24.3 Å². The van der Waals surface area contributed by atoms with E-state index in [4.69, 9.17) is 11.6 Å². The van der Waals surface area contributed by atoms with E-state index >= 15 is 0 Å². The van der Waals surface area contributed by atoms with E-state index in [1.807, 2.05) is 0 Å². The maximum Gasteiger partial charge on any atom is 0.162 e. The van der Waals surface area contributed by atoms with Gasteiger partial charge in [0.15, 0.2) is 5.78 Å². The summed E-state index contributed by atoms with van der Waals surface area (Å²) in [5.41, 5.74) is -1.54. The van der Waals surface area contributed by atoms with E-state index < -0.39 is 17.6 Å². The van der Waals surface area contributed by atoms with E-state index in [1.54, 1.807) is 0 Å². The molecule has 44 heavy (non-hydrogen) atoms. The lowest BCUT2D eigenvalue weighted by molar-refractivity contribution is -0.140. The van der Waals surface area contributed by atoms with Gasteiger partial charge in [-0.3, -0.25) is 9.59 Å². The van der Waals surface area contributed by atoms with Crippen molar-refractivity contribution in [3.05, 3.63) is 24.3 Å². The van der Waals surface area contributed by atoms with E-state index in [1.165, 1.54) is 89.9 Å². The number of aliphatic hydroxyl groups is 2. The van der Waals surface area contributed by atoms with E-state index in [-0.39, 0.29) is 24.4 Å². The summed E-state index contributed by atoms with van der Waals surface area (Å²) in [5.74, 6) is -1.93. The summed E-state index contributed by atoms with van der Waals surface area (Å²) in [5, 5.41) is 20.5. The molecular weight excluding hydrogens is 568 g/mol. The summed E-state index contributed by atoms with van der Waals surface area (Å²) < 4.78 is 0. The molecule has 0 aliphatic heterocycles. The molecule has 0 rings (SSSR count). The first-order valence-corrected chi connectivity index (χ1v) is 19.2. The number of unbranched alkanes of at least 4 members (excludes halogenated alkanes) is 22. The molecule has 0 fully saturated rings. The van der Waals surface area contributed by atoms with Crippen LogP contribution >= 0.6 is 11.6 Å². The standard InChI is InChI=1S/C39H71ClO4/c1-3-5-7-9-11-13-15-17-19-21-23-25-27-29-31-33-35(41)37(39(40)44)38(43)36(42)34-32-30-28-26-24-22-20-18-16-14-12-10-8-6-4-2/h17-20,37-39,43-44H,3-16,21-34H2,1-2H3/b19-17-,20-18-. The second-order valence-electron chi connectivity index (χ2n) is 12.9. The quantitative estimate of drug-likeness (QED) is 0.0417. The Hall–Kier alpha value is -0.970. The molecule has 258 valence electrons. The predicted molar refractivity (Wildman–Crippen MR) is 190 cm³/mol. The van der Waals surface area contributed by atoms with Gasteiger partial charge in [-0.05, 0) is 64.2 Å². The van der Waals surface area contributed by atoms with Gasteiger partial charge in [0.25, 0.3) is 0 Å². The van der Waals surface area contributed by atoms with Gasteiger partial charge in [0.1, 0.15) is 17.5 Å². The third kappa shape index (κ3) is 27.3. The highest BCUT2D eigenvalue weighted by molar-refractivity contribution is 6.21. The maximum atomic E-state index is 12.7. The zero-order valence-electron chi connectivity index (χ0n) is 28.9. The number of halogens is 1. The fourth-order valence-corrected chi connectivity index (χ4v) is 6.01. The first-order valence-electron chi connectivity index (χ1n) is 18.8. The van der Waals surface area contributed by atoms with Gasteiger partial charge < -0.3 is 10.2 Å². The van der Waals surface area contributed by atoms with Gasteiger partial charge in [-0.2, -0.15) is 0 Å². The van der Waals surface area contributed by atoms with Crippen LogP contribution in [-0.4, -0.2) is 33.4 Å². The lowest BCUT2D eigenvalue weighted by atomic mass is 9.90. The molecule has 0 aromatic carbocycles. The summed E-state index contributed by atoms with van der Waals surface area (Å²) >= 11 is 5.86. The summed E-state index contributed by atoms with van der Waals surface area (Å²) in [6, 6.07) is 0. The lowest BCUT2D eigenvalue weighted by Gasteiger charge is -2.22. The van der Waals surface area contributed by atoms with Crippen LogP contribution in [0, 0.1) is 5.92 Å². The van der Waals surface area contributed by atoms with Gasteiger partial charge in [0.2, 0.25) is 0 Å². The largest absolute Gasteiger partial charge is 0.384 e. The number of aliphatic hydroxyl groups excluding tert-OH is 2. The average molecular weight is 639 g/mol. The number of hydrogen-bond donors (Lipinski definition) is 2. The van der Waals surface area contributed by atoms with Crippen molar-refractivity contribution < 1.29 is 19.8 Å². The molecule has 0 aliphatic rings. The van der Waals surface area contributed by atoms with Gasteiger partial charge in [0.05, 0.1) is 5.92 Å². The number of alkyl halides is 1. The molecule has 0 amide bonds. The third-order valence-corrected chi connectivity index (χ3v) is 8.98. The second-order valence-corrected chi connectivity index (χ2v) is 13.4. The molecule has 0 saturated heterocycles. The molecule has 3 atom stereocenters. The minimum absolute atomic E-state index is 0.222. The molecule has 0 saturated carbocycles. The number of allylic oxidation sites excluding steroid dienone is 4. The van der Waals surface area contributed by atoms with Crippen molar-refractivity contribution in [1.82, 2.24) is 0 Å². The van der Waals surface area contributed by atoms with Crippen LogP contribution in [-0.2, 0) is 9.59 Å². The first kappa shape index (κ1) is 43.0.